The SMILES string of the molecule is O=C1c2ccc(-c3nc4ccccc4c(=O)o3)cc2C(=O)N1c1ccccn1. The summed E-state index contributed by atoms with van der Waals surface area (Å²) in [6, 6.07) is 16.5. The zero-order valence-corrected chi connectivity index (χ0v) is 14.3. The van der Waals surface area contributed by atoms with E-state index in [2.05, 4.69) is 9.97 Å². The third-order valence-corrected chi connectivity index (χ3v) is 4.55. The molecule has 4 aromatic rings. The fourth-order valence-corrected chi connectivity index (χ4v) is 3.21. The zero-order chi connectivity index (χ0) is 19.3. The van der Waals surface area contributed by atoms with Gasteiger partial charge in [0.15, 0.2) is 0 Å². The fourth-order valence-electron chi connectivity index (χ4n) is 3.21. The van der Waals surface area contributed by atoms with E-state index < -0.39 is 17.4 Å². The molecule has 3 heterocycles. The van der Waals surface area contributed by atoms with Gasteiger partial charge in [-0.05, 0) is 42.5 Å². The van der Waals surface area contributed by atoms with Crippen molar-refractivity contribution in [2.24, 2.45) is 0 Å². The van der Waals surface area contributed by atoms with E-state index in [4.69, 9.17) is 4.42 Å². The maximum Gasteiger partial charge on any atom is 0.347 e. The summed E-state index contributed by atoms with van der Waals surface area (Å²) in [4.78, 5) is 47.2. The summed E-state index contributed by atoms with van der Waals surface area (Å²) < 4.78 is 5.32. The Kier molecular flexibility index (Phi) is 3.42. The Morgan fingerprint density at radius 2 is 1.61 bits per heavy atom. The Labute approximate surface area is 157 Å². The van der Waals surface area contributed by atoms with Crippen LogP contribution >= 0.6 is 0 Å². The standard InChI is InChI=1S/C21H11N3O4/c25-19-13-9-8-12(18-23-16-6-2-1-5-14(16)21(27)28-18)11-15(13)20(26)24(19)17-7-3-4-10-22-17/h1-11H. The molecule has 2 aromatic carbocycles. The van der Waals surface area contributed by atoms with Crippen molar-refractivity contribution in [3.63, 3.8) is 0 Å². The number of para-hydroxylation sites is 1. The number of aromatic nitrogens is 2. The molecule has 0 atom stereocenters. The van der Waals surface area contributed by atoms with Crippen molar-refractivity contribution in [2.75, 3.05) is 4.90 Å². The van der Waals surface area contributed by atoms with Crippen molar-refractivity contribution in [1.82, 2.24) is 9.97 Å². The van der Waals surface area contributed by atoms with Crippen LogP contribution in [0.2, 0.25) is 0 Å². The number of imide groups is 1. The lowest BCUT2D eigenvalue weighted by Gasteiger charge is -2.11. The third-order valence-electron chi connectivity index (χ3n) is 4.55. The largest absolute Gasteiger partial charge is 0.403 e. The Morgan fingerprint density at radius 1 is 0.821 bits per heavy atom. The second-order valence-electron chi connectivity index (χ2n) is 6.22. The molecule has 7 nitrogen and oxygen atoms in total. The van der Waals surface area contributed by atoms with E-state index in [1.165, 1.54) is 18.3 Å². The molecule has 2 aromatic heterocycles. The molecule has 1 aliphatic heterocycles. The van der Waals surface area contributed by atoms with Crippen LogP contribution in [0.5, 0.6) is 0 Å². The van der Waals surface area contributed by atoms with Crippen molar-refractivity contribution in [1.29, 1.82) is 0 Å². The summed E-state index contributed by atoms with van der Waals surface area (Å²) in [5, 5.41) is 0.375. The van der Waals surface area contributed by atoms with Gasteiger partial charge < -0.3 is 4.42 Å². The molecule has 0 N–H and O–H groups in total. The van der Waals surface area contributed by atoms with Gasteiger partial charge in [0.25, 0.3) is 11.8 Å². The van der Waals surface area contributed by atoms with Crippen LogP contribution in [-0.4, -0.2) is 21.8 Å². The number of rotatable bonds is 2. The molecule has 0 saturated heterocycles. The highest BCUT2D eigenvalue weighted by molar-refractivity contribution is 6.34. The number of hydrogen-bond acceptors (Lipinski definition) is 6. The number of nitrogens with zero attached hydrogens (tertiary/aromatic N) is 3. The molecule has 2 amide bonds. The number of hydrogen-bond donors (Lipinski definition) is 0. The molecule has 0 radical (unpaired) electrons. The minimum atomic E-state index is -0.515. The number of carbonyl (C=O) groups excluding carboxylic acids is 2. The van der Waals surface area contributed by atoms with Crippen molar-refractivity contribution < 1.29 is 14.0 Å². The summed E-state index contributed by atoms with van der Waals surface area (Å²) in [5.41, 5.74) is 0.893. The normalized spacial score (nSPS) is 13.2. The Morgan fingerprint density at radius 3 is 2.43 bits per heavy atom. The van der Waals surface area contributed by atoms with E-state index in [0.29, 0.717) is 16.5 Å². The number of anilines is 1. The van der Waals surface area contributed by atoms with Crippen LogP contribution < -0.4 is 10.5 Å². The summed E-state index contributed by atoms with van der Waals surface area (Å²) in [5.74, 6) is -0.587. The molecule has 134 valence electrons. The lowest BCUT2D eigenvalue weighted by atomic mass is 10.1. The average molecular weight is 369 g/mol. The van der Waals surface area contributed by atoms with Gasteiger partial charge in [0, 0.05) is 11.8 Å². The van der Waals surface area contributed by atoms with Gasteiger partial charge in [-0.1, -0.05) is 18.2 Å². The molecule has 28 heavy (non-hydrogen) atoms. The zero-order valence-electron chi connectivity index (χ0n) is 14.3. The highest BCUT2D eigenvalue weighted by Crippen LogP contribution is 2.30. The summed E-state index contributed by atoms with van der Waals surface area (Å²) in [6.07, 6.45) is 1.51. The molecule has 0 unspecified atom stereocenters. The van der Waals surface area contributed by atoms with Gasteiger partial charge in [0.1, 0.15) is 5.82 Å². The first-order chi connectivity index (χ1) is 13.6. The molecule has 0 spiro atoms. The van der Waals surface area contributed by atoms with Crippen molar-refractivity contribution in [3.05, 3.63) is 88.4 Å². The molecule has 7 heteroatoms. The molecule has 0 aliphatic carbocycles. The van der Waals surface area contributed by atoms with Crippen LogP contribution in [0.15, 0.2) is 76.1 Å². The van der Waals surface area contributed by atoms with E-state index >= 15 is 0 Å². The Bertz CT molecular complexity index is 1330. The summed E-state index contributed by atoms with van der Waals surface area (Å²) in [7, 11) is 0. The molecular weight excluding hydrogens is 358 g/mol. The number of amides is 2. The van der Waals surface area contributed by atoms with E-state index in [0.717, 1.165) is 4.90 Å². The predicted molar refractivity (Wildman–Crippen MR) is 101 cm³/mol. The van der Waals surface area contributed by atoms with Crippen LogP contribution in [0.1, 0.15) is 20.7 Å². The second kappa shape index (κ2) is 5.95. The smallest absolute Gasteiger partial charge is 0.347 e. The van der Waals surface area contributed by atoms with E-state index in [9.17, 15) is 14.4 Å². The lowest BCUT2D eigenvalue weighted by molar-refractivity contribution is 0.0925. The van der Waals surface area contributed by atoms with Crippen LogP contribution in [-0.2, 0) is 0 Å². The first-order valence-corrected chi connectivity index (χ1v) is 8.47. The van der Waals surface area contributed by atoms with Gasteiger partial charge >= 0.3 is 5.63 Å². The summed E-state index contributed by atoms with van der Waals surface area (Å²) in [6.45, 7) is 0. The molecule has 1 aliphatic rings. The third kappa shape index (κ3) is 2.34. The predicted octanol–water partition coefficient (Wildman–Crippen LogP) is 3.05. The maximum atomic E-state index is 12.8. The second-order valence-corrected chi connectivity index (χ2v) is 6.22. The molecular formula is C21H11N3O4. The quantitative estimate of drug-likeness (QED) is 0.504. The fraction of sp³-hybridized carbons (Fsp3) is 0. The van der Waals surface area contributed by atoms with Crippen LogP contribution in [0.25, 0.3) is 22.4 Å². The number of fused-ring (bicyclic) bond motifs is 2. The topological polar surface area (TPSA) is 93.4 Å². The first kappa shape index (κ1) is 16.1. The van der Waals surface area contributed by atoms with Crippen molar-refractivity contribution in [3.8, 4) is 11.5 Å². The van der Waals surface area contributed by atoms with Crippen LogP contribution in [0, 0.1) is 0 Å². The molecule has 5 rings (SSSR count). The number of pyridine rings is 1. The highest BCUT2D eigenvalue weighted by atomic mass is 16.4. The van der Waals surface area contributed by atoms with Gasteiger partial charge in [-0.2, -0.15) is 0 Å². The maximum absolute atomic E-state index is 12.8. The van der Waals surface area contributed by atoms with E-state index in [-0.39, 0.29) is 22.8 Å². The van der Waals surface area contributed by atoms with Crippen LogP contribution in [0.3, 0.4) is 0 Å². The minimum Gasteiger partial charge on any atom is -0.403 e. The number of benzene rings is 2. The highest BCUT2D eigenvalue weighted by Gasteiger charge is 2.37. The summed E-state index contributed by atoms with van der Waals surface area (Å²) >= 11 is 0. The van der Waals surface area contributed by atoms with Gasteiger partial charge in [0.05, 0.1) is 22.0 Å². The van der Waals surface area contributed by atoms with Crippen molar-refractivity contribution >= 4 is 28.5 Å². The van der Waals surface area contributed by atoms with Gasteiger partial charge in [-0.25, -0.2) is 19.7 Å². The van der Waals surface area contributed by atoms with Crippen LogP contribution in [0.4, 0.5) is 5.82 Å². The first-order valence-electron chi connectivity index (χ1n) is 8.47. The number of carbonyl (C=O) groups is 2. The van der Waals surface area contributed by atoms with E-state index in [1.54, 1.807) is 48.5 Å². The lowest BCUT2D eigenvalue weighted by Crippen LogP contribution is -2.30. The Balaban J connectivity index is 1.62. The van der Waals surface area contributed by atoms with Gasteiger partial charge in [-0.15, -0.1) is 0 Å². The molecule has 0 bridgehead atoms. The molecule has 0 fully saturated rings. The van der Waals surface area contributed by atoms with Gasteiger partial charge in [0.2, 0.25) is 5.89 Å². The Hall–Kier alpha value is -4.13. The molecule has 0 saturated carbocycles. The minimum absolute atomic E-state index is 0.0861. The van der Waals surface area contributed by atoms with Gasteiger partial charge in [-0.3, -0.25) is 9.59 Å². The van der Waals surface area contributed by atoms with E-state index in [1.807, 2.05) is 0 Å². The average Bonchev–Trinajstić information content (AvgIpc) is 2.98. The van der Waals surface area contributed by atoms with Crippen molar-refractivity contribution in [2.45, 2.75) is 0 Å². The monoisotopic (exact) mass is 369 g/mol.